The van der Waals surface area contributed by atoms with Crippen molar-refractivity contribution in [2.24, 2.45) is 5.92 Å². The Morgan fingerprint density at radius 2 is 1.79 bits per heavy atom. The molecular formula is C27H29N3O2S. The number of hydrogen-bond donors (Lipinski definition) is 0. The van der Waals surface area contributed by atoms with Crippen molar-refractivity contribution in [3.05, 3.63) is 76.2 Å². The van der Waals surface area contributed by atoms with Gasteiger partial charge >= 0.3 is 0 Å². The molecule has 0 saturated carbocycles. The molecule has 1 aliphatic rings. The normalized spacial score (nSPS) is 15.9. The van der Waals surface area contributed by atoms with Crippen molar-refractivity contribution in [3.8, 4) is 0 Å². The van der Waals surface area contributed by atoms with Gasteiger partial charge in [0.15, 0.2) is 0 Å². The van der Waals surface area contributed by atoms with Gasteiger partial charge in [-0.3, -0.25) is 9.59 Å². The highest BCUT2D eigenvalue weighted by Gasteiger charge is 2.30. The summed E-state index contributed by atoms with van der Waals surface area (Å²) in [4.78, 5) is 29.0. The number of aromatic nitrogens is 2. The number of aryl methyl sites for hydroxylation is 1. The highest BCUT2D eigenvalue weighted by Crippen LogP contribution is 2.33. The van der Waals surface area contributed by atoms with E-state index >= 15 is 0 Å². The maximum absolute atomic E-state index is 13.5. The first-order valence-electron chi connectivity index (χ1n) is 11.8. The fraction of sp³-hybridized carbons (Fsp3) is 0.370. The molecule has 0 unspecified atom stereocenters. The van der Waals surface area contributed by atoms with Crippen molar-refractivity contribution in [2.45, 2.75) is 45.6 Å². The summed E-state index contributed by atoms with van der Waals surface area (Å²) in [7, 11) is 0. The highest BCUT2D eigenvalue weighted by molar-refractivity contribution is 7.26. The second kappa shape index (κ2) is 9.10. The van der Waals surface area contributed by atoms with Gasteiger partial charge in [0, 0.05) is 23.2 Å². The third kappa shape index (κ3) is 4.08. The molecule has 1 saturated heterocycles. The topological polar surface area (TPSA) is 55.2 Å². The van der Waals surface area contributed by atoms with Crippen LogP contribution in [0.5, 0.6) is 0 Å². The predicted molar refractivity (Wildman–Crippen MR) is 135 cm³/mol. The van der Waals surface area contributed by atoms with Gasteiger partial charge in [0.2, 0.25) is 5.91 Å². The van der Waals surface area contributed by atoms with Crippen LogP contribution in [-0.4, -0.2) is 33.7 Å². The molecule has 6 heteroatoms. The van der Waals surface area contributed by atoms with Gasteiger partial charge < -0.3 is 4.90 Å². The van der Waals surface area contributed by atoms with Gasteiger partial charge in [0.05, 0.1) is 15.8 Å². The number of carbonyl (C=O) groups is 1. The lowest BCUT2D eigenvalue weighted by Crippen LogP contribution is -2.45. The van der Waals surface area contributed by atoms with Gasteiger partial charge in [0.1, 0.15) is 6.04 Å². The van der Waals surface area contributed by atoms with Crippen molar-refractivity contribution >= 4 is 37.4 Å². The number of hydrogen-bond acceptors (Lipinski definition) is 4. The minimum atomic E-state index is -0.565. The molecule has 2 aromatic carbocycles. The number of nitrogens with zero attached hydrogens (tertiary/aromatic N) is 3. The second-order valence-electron chi connectivity index (χ2n) is 9.02. The van der Waals surface area contributed by atoms with Crippen molar-refractivity contribution in [2.75, 3.05) is 13.1 Å². The van der Waals surface area contributed by atoms with Gasteiger partial charge in [0.25, 0.3) is 5.56 Å². The molecule has 0 bridgehead atoms. The summed E-state index contributed by atoms with van der Waals surface area (Å²) < 4.78 is 3.45. The van der Waals surface area contributed by atoms with E-state index in [1.165, 1.54) is 10.2 Å². The van der Waals surface area contributed by atoms with Crippen LogP contribution in [0.4, 0.5) is 0 Å². The molecule has 5 rings (SSSR count). The monoisotopic (exact) mass is 459 g/mol. The SMILES string of the molecule is CC[C@@H](C(=O)N1CCC(Cc2ccccc2)CC1)n1nc(C)c2sc3ccccc3c2c1=O. The molecule has 5 nitrogen and oxygen atoms in total. The number of fused-ring (bicyclic) bond motifs is 3. The van der Waals surface area contributed by atoms with Crippen LogP contribution < -0.4 is 5.56 Å². The molecule has 1 aliphatic heterocycles. The van der Waals surface area contributed by atoms with E-state index in [1.807, 2.05) is 49.1 Å². The average Bonchev–Trinajstić information content (AvgIpc) is 3.24. The minimum Gasteiger partial charge on any atom is -0.341 e. The zero-order valence-corrected chi connectivity index (χ0v) is 20.0. The first-order valence-corrected chi connectivity index (χ1v) is 12.6. The maximum Gasteiger partial charge on any atom is 0.276 e. The summed E-state index contributed by atoms with van der Waals surface area (Å²) in [6.07, 6.45) is 3.59. The number of carbonyl (C=O) groups excluding carboxylic acids is 1. The second-order valence-corrected chi connectivity index (χ2v) is 10.1. The fourth-order valence-electron chi connectivity index (χ4n) is 5.06. The van der Waals surface area contributed by atoms with Crippen molar-refractivity contribution < 1.29 is 4.79 Å². The lowest BCUT2D eigenvalue weighted by atomic mass is 9.90. The Labute approximate surface area is 197 Å². The van der Waals surface area contributed by atoms with Crippen LogP contribution in [0.25, 0.3) is 20.2 Å². The van der Waals surface area contributed by atoms with E-state index < -0.39 is 6.04 Å². The Balaban J connectivity index is 1.39. The molecule has 3 heterocycles. The number of amides is 1. The van der Waals surface area contributed by atoms with E-state index in [1.54, 1.807) is 11.3 Å². The van der Waals surface area contributed by atoms with E-state index in [9.17, 15) is 9.59 Å². The minimum absolute atomic E-state index is 0.0172. The Bertz CT molecular complexity index is 1350. The van der Waals surface area contributed by atoms with Crippen LogP contribution in [0.3, 0.4) is 0 Å². The standard InChI is InChI=1S/C27H29N3O2S/c1-3-22(26(31)29-15-13-20(14-16-29)17-19-9-5-4-6-10-19)30-27(32)24-21-11-7-8-12-23(21)33-25(24)18(2)28-30/h4-12,20,22H,3,13-17H2,1-2H3/t22-/m0/s1. The summed E-state index contributed by atoms with van der Waals surface area (Å²) in [6, 6.07) is 18.0. The number of likely N-dealkylation sites (tertiary alicyclic amines) is 1. The zero-order valence-electron chi connectivity index (χ0n) is 19.2. The van der Waals surface area contributed by atoms with Gasteiger partial charge in [-0.25, -0.2) is 4.68 Å². The molecule has 33 heavy (non-hydrogen) atoms. The van der Waals surface area contributed by atoms with Gasteiger partial charge in [-0.2, -0.15) is 5.10 Å². The van der Waals surface area contributed by atoms with Gasteiger partial charge in [-0.15, -0.1) is 11.3 Å². The summed E-state index contributed by atoms with van der Waals surface area (Å²) in [6.45, 7) is 5.37. The third-order valence-electron chi connectivity index (χ3n) is 6.86. The van der Waals surface area contributed by atoms with Gasteiger partial charge in [-0.1, -0.05) is 55.5 Å². The van der Waals surface area contributed by atoms with Crippen LogP contribution in [0.2, 0.25) is 0 Å². The summed E-state index contributed by atoms with van der Waals surface area (Å²) in [5, 5.41) is 6.26. The summed E-state index contributed by atoms with van der Waals surface area (Å²) in [5.74, 6) is 0.608. The highest BCUT2D eigenvalue weighted by atomic mass is 32.1. The van der Waals surface area contributed by atoms with Gasteiger partial charge in [-0.05, 0) is 50.2 Å². The first-order chi connectivity index (χ1) is 16.1. The predicted octanol–water partition coefficient (Wildman–Crippen LogP) is 5.35. The summed E-state index contributed by atoms with van der Waals surface area (Å²) >= 11 is 1.60. The van der Waals surface area contributed by atoms with E-state index in [0.29, 0.717) is 17.7 Å². The largest absolute Gasteiger partial charge is 0.341 e. The fourth-order valence-corrected chi connectivity index (χ4v) is 6.19. The Morgan fingerprint density at radius 3 is 2.52 bits per heavy atom. The third-order valence-corrected chi connectivity index (χ3v) is 8.14. The number of thiophene rings is 1. The molecule has 0 aliphatic carbocycles. The Morgan fingerprint density at radius 1 is 1.09 bits per heavy atom. The lowest BCUT2D eigenvalue weighted by molar-refractivity contribution is -0.136. The molecule has 0 N–H and O–H groups in total. The summed E-state index contributed by atoms with van der Waals surface area (Å²) in [5.41, 5.74) is 2.00. The number of benzene rings is 2. The van der Waals surface area contributed by atoms with E-state index in [4.69, 9.17) is 0 Å². The van der Waals surface area contributed by atoms with E-state index in [-0.39, 0.29) is 11.5 Å². The average molecular weight is 460 g/mol. The first kappa shape index (κ1) is 21.8. The molecule has 1 atom stereocenters. The zero-order chi connectivity index (χ0) is 22.9. The van der Waals surface area contributed by atoms with E-state index in [2.05, 4.69) is 29.4 Å². The maximum atomic E-state index is 13.5. The molecule has 170 valence electrons. The smallest absolute Gasteiger partial charge is 0.276 e. The number of piperidine rings is 1. The molecule has 4 aromatic rings. The van der Waals surface area contributed by atoms with E-state index in [0.717, 1.165) is 52.8 Å². The molecular weight excluding hydrogens is 430 g/mol. The number of rotatable bonds is 5. The molecule has 0 radical (unpaired) electrons. The molecule has 0 spiro atoms. The molecule has 1 fully saturated rings. The Kier molecular flexibility index (Phi) is 6.02. The van der Waals surface area contributed by atoms with Crippen LogP contribution >= 0.6 is 11.3 Å². The van der Waals surface area contributed by atoms with Crippen LogP contribution in [0, 0.1) is 12.8 Å². The van der Waals surface area contributed by atoms with Crippen molar-refractivity contribution in [3.63, 3.8) is 0 Å². The van der Waals surface area contributed by atoms with Crippen LogP contribution in [0.1, 0.15) is 43.5 Å². The van der Waals surface area contributed by atoms with Crippen LogP contribution in [-0.2, 0) is 11.2 Å². The lowest BCUT2D eigenvalue weighted by Gasteiger charge is -2.34. The van der Waals surface area contributed by atoms with Crippen LogP contribution in [0.15, 0.2) is 59.4 Å². The molecule has 1 amide bonds. The van der Waals surface area contributed by atoms with Crippen molar-refractivity contribution in [1.82, 2.24) is 14.7 Å². The molecule has 2 aromatic heterocycles. The quantitative estimate of drug-likeness (QED) is 0.404. The Hall–Kier alpha value is -2.99. The van der Waals surface area contributed by atoms with Crippen molar-refractivity contribution in [1.29, 1.82) is 0 Å².